The second-order valence-electron chi connectivity index (χ2n) is 5.71. The molecular formula is C12H25NS. The van der Waals surface area contributed by atoms with E-state index in [9.17, 15) is 0 Å². The van der Waals surface area contributed by atoms with E-state index in [0.717, 1.165) is 11.8 Å². The third kappa shape index (κ3) is 5.26. The summed E-state index contributed by atoms with van der Waals surface area (Å²) in [5, 5.41) is 3.63. The van der Waals surface area contributed by atoms with Crippen molar-refractivity contribution >= 4 is 11.8 Å². The maximum Gasteiger partial charge on any atom is 0.0130 e. The van der Waals surface area contributed by atoms with Crippen LogP contribution < -0.4 is 5.32 Å². The van der Waals surface area contributed by atoms with Gasteiger partial charge >= 0.3 is 0 Å². The van der Waals surface area contributed by atoms with Gasteiger partial charge in [0.1, 0.15) is 0 Å². The van der Waals surface area contributed by atoms with Crippen molar-refractivity contribution in [2.75, 3.05) is 12.3 Å². The van der Waals surface area contributed by atoms with Gasteiger partial charge in [0.15, 0.2) is 0 Å². The first-order valence-electron chi connectivity index (χ1n) is 5.76. The number of rotatable bonds is 5. The van der Waals surface area contributed by atoms with E-state index in [4.69, 9.17) is 0 Å². The summed E-state index contributed by atoms with van der Waals surface area (Å²) in [4.78, 5) is 0. The molecule has 0 saturated heterocycles. The summed E-state index contributed by atoms with van der Waals surface area (Å²) in [5.41, 5.74) is 0. The Labute approximate surface area is 93.4 Å². The van der Waals surface area contributed by atoms with Crippen LogP contribution in [0.5, 0.6) is 0 Å². The van der Waals surface area contributed by atoms with Crippen molar-refractivity contribution in [3.05, 3.63) is 0 Å². The number of hydrogen-bond acceptors (Lipinski definition) is 2. The van der Waals surface area contributed by atoms with Crippen LogP contribution in [-0.2, 0) is 0 Å². The van der Waals surface area contributed by atoms with Crippen molar-refractivity contribution in [3.8, 4) is 0 Å². The molecule has 0 heterocycles. The van der Waals surface area contributed by atoms with E-state index in [1.54, 1.807) is 0 Å². The Morgan fingerprint density at radius 1 is 1.43 bits per heavy atom. The van der Waals surface area contributed by atoms with Gasteiger partial charge in [-0.3, -0.25) is 0 Å². The molecule has 0 aliphatic heterocycles. The molecule has 3 unspecified atom stereocenters. The predicted molar refractivity (Wildman–Crippen MR) is 66.9 cm³/mol. The first-order valence-corrected chi connectivity index (χ1v) is 6.74. The molecule has 1 saturated carbocycles. The van der Waals surface area contributed by atoms with Crippen molar-refractivity contribution < 1.29 is 0 Å². The van der Waals surface area contributed by atoms with Gasteiger partial charge < -0.3 is 5.32 Å². The standard InChI is InChI=1S/C12H25NS/c1-9-6-11(9)7-13-10(2)8-14-12(3,4)5/h9-11,13H,6-8H2,1-5H3. The van der Waals surface area contributed by atoms with Crippen molar-refractivity contribution in [1.29, 1.82) is 0 Å². The predicted octanol–water partition coefficient (Wildman–Crippen LogP) is 3.15. The van der Waals surface area contributed by atoms with E-state index in [2.05, 4.69) is 51.7 Å². The Morgan fingerprint density at radius 2 is 2.00 bits per heavy atom. The minimum atomic E-state index is 0.406. The first-order chi connectivity index (χ1) is 6.38. The van der Waals surface area contributed by atoms with Crippen LogP contribution in [0.2, 0.25) is 0 Å². The van der Waals surface area contributed by atoms with Crippen LogP contribution in [0.1, 0.15) is 41.0 Å². The monoisotopic (exact) mass is 215 g/mol. The molecule has 0 bridgehead atoms. The smallest absolute Gasteiger partial charge is 0.0130 e. The molecule has 1 aliphatic rings. The normalized spacial score (nSPS) is 28.9. The summed E-state index contributed by atoms with van der Waals surface area (Å²) in [6.07, 6.45) is 1.44. The molecule has 14 heavy (non-hydrogen) atoms. The van der Waals surface area contributed by atoms with E-state index in [-0.39, 0.29) is 0 Å². The zero-order valence-corrected chi connectivity index (χ0v) is 11.1. The molecule has 0 aromatic heterocycles. The molecule has 1 N–H and O–H groups in total. The van der Waals surface area contributed by atoms with Crippen molar-refractivity contribution in [1.82, 2.24) is 5.32 Å². The van der Waals surface area contributed by atoms with E-state index in [1.165, 1.54) is 18.7 Å². The van der Waals surface area contributed by atoms with Crippen LogP contribution in [0.15, 0.2) is 0 Å². The van der Waals surface area contributed by atoms with Crippen LogP contribution >= 0.6 is 11.8 Å². The number of nitrogens with one attached hydrogen (secondary N) is 1. The zero-order valence-electron chi connectivity index (χ0n) is 10.3. The quantitative estimate of drug-likeness (QED) is 0.756. The Bertz CT molecular complexity index is 174. The van der Waals surface area contributed by atoms with Gasteiger partial charge in [0.25, 0.3) is 0 Å². The molecule has 3 atom stereocenters. The summed E-state index contributed by atoms with van der Waals surface area (Å²) < 4.78 is 0.406. The topological polar surface area (TPSA) is 12.0 Å². The largest absolute Gasteiger partial charge is 0.313 e. The highest BCUT2D eigenvalue weighted by Crippen LogP contribution is 2.36. The van der Waals surface area contributed by atoms with Gasteiger partial charge in [-0.2, -0.15) is 11.8 Å². The fraction of sp³-hybridized carbons (Fsp3) is 1.00. The lowest BCUT2D eigenvalue weighted by atomic mass is 10.3. The molecule has 2 heteroatoms. The molecule has 1 nitrogen and oxygen atoms in total. The average molecular weight is 215 g/mol. The van der Waals surface area contributed by atoms with Crippen molar-refractivity contribution in [3.63, 3.8) is 0 Å². The lowest BCUT2D eigenvalue weighted by molar-refractivity contribution is 0.550. The molecule has 1 fully saturated rings. The van der Waals surface area contributed by atoms with E-state index < -0.39 is 0 Å². The zero-order chi connectivity index (χ0) is 10.8. The SMILES string of the molecule is CC(CSC(C)(C)C)NCC1CC1C. The third-order valence-corrected chi connectivity index (χ3v) is 4.30. The van der Waals surface area contributed by atoms with Gasteiger partial charge in [-0.25, -0.2) is 0 Å². The van der Waals surface area contributed by atoms with E-state index in [0.29, 0.717) is 10.8 Å². The highest BCUT2D eigenvalue weighted by molar-refractivity contribution is 8.00. The van der Waals surface area contributed by atoms with Gasteiger partial charge in [0.2, 0.25) is 0 Å². The minimum Gasteiger partial charge on any atom is -0.313 e. The number of hydrogen-bond donors (Lipinski definition) is 1. The van der Waals surface area contributed by atoms with Crippen LogP contribution in [0.25, 0.3) is 0 Å². The van der Waals surface area contributed by atoms with Gasteiger partial charge in [-0.05, 0) is 31.7 Å². The molecule has 1 rings (SSSR count). The second kappa shape index (κ2) is 4.89. The number of thioether (sulfide) groups is 1. The van der Waals surface area contributed by atoms with Gasteiger partial charge in [-0.1, -0.05) is 27.7 Å². The summed E-state index contributed by atoms with van der Waals surface area (Å²) in [6, 6.07) is 0.659. The van der Waals surface area contributed by atoms with Gasteiger partial charge in [0.05, 0.1) is 0 Å². The van der Waals surface area contributed by atoms with Gasteiger partial charge in [0, 0.05) is 16.5 Å². The summed E-state index contributed by atoms with van der Waals surface area (Å²) >= 11 is 2.05. The van der Waals surface area contributed by atoms with Crippen LogP contribution in [-0.4, -0.2) is 23.1 Å². The molecule has 0 aromatic carbocycles. The highest BCUT2D eigenvalue weighted by Gasteiger charge is 2.32. The summed E-state index contributed by atoms with van der Waals surface area (Å²) in [7, 11) is 0. The Morgan fingerprint density at radius 3 is 2.43 bits per heavy atom. The van der Waals surface area contributed by atoms with Crippen LogP contribution in [0, 0.1) is 11.8 Å². The Hall–Kier alpha value is 0.310. The third-order valence-electron chi connectivity index (χ3n) is 2.77. The fourth-order valence-electron chi connectivity index (χ4n) is 1.47. The maximum atomic E-state index is 3.63. The van der Waals surface area contributed by atoms with Gasteiger partial charge in [-0.15, -0.1) is 0 Å². The molecule has 0 radical (unpaired) electrons. The molecule has 0 aromatic rings. The molecular weight excluding hydrogens is 190 g/mol. The second-order valence-corrected chi connectivity index (χ2v) is 7.55. The summed E-state index contributed by atoms with van der Waals surface area (Å²) in [6.45, 7) is 12.7. The Balaban J connectivity index is 2.01. The minimum absolute atomic E-state index is 0.406. The molecule has 1 aliphatic carbocycles. The molecule has 0 amide bonds. The maximum absolute atomic E-state index is 3.63. The molecule has 84 valence electrons. The Kier molecular flexibility index (Phi) is 4.32. The fourth-order valence-corrected chi connectivity index (χ4v) is 2.34. The lowest BCUT2D eigenvalue weighted by Crippen LogP contribution is -2.31. The highest BCUT2D eigenvalue weighted by atomic mass is 32.2. The van der Waals surface area contributed by atoms with Crippen LogP contribution in [0.4, 0.5) is 0 Å². The summed E-state index contributed by atoms with van der Waals surface area (Å²) in [5.74, 6) is 3.17. The average Bonchev–Trinajstić information content (AvgIpc) is 2.73. The molecule has 0 spiro atoms. The van der Waals surface area contributed by atoms with Crippen LogP contribution in [0.3, 0.4) is 0 Å². The van der Waals surface area contributed by atoms with Crippen molar-refractivity contribution in [2.24, 2.45) is 11.8 Å². The van der Waals surface area contributed by atoms with E-state index >= 15 is 0 Å². The van der Waals surface area contributed by atoms with E-state index in [1.807, 2.05) is 0 Å². The lowest BCUT2D eigenvalue weighted by Gasteiger charge is -2.21. The first kappa shape index (κ1) is 12.4. The van der Waals surface area contributed by atoms with Crippen molar-refractivity contribution in [2.45, 2.75) is 51.8 Å².